The predicted octanol–water partition coefficient (Wildman–Crippen LogP) is 1.28. The summed E-state index contributed by atoms with van der Waals surface area (Å²) in [4.78, 5) is 12.4. The van der Waals surface area contributed by atoms with Gasteiger partial charge in [0.25, 0.3) is 5.91 Å². The second-order valence-electron chi connectivity index (χ2n) is 4.83. The van der Waals surface area contributed by atoms with Gasteiger partial charge in [-0.15, -0.1) is 17.9 Å². The Morgan fingerprint density at radius 3 is 2.90 bits per heavy atom. The van der Waals surface area contributed by atoms with E-state index in [1.165, 1.54) is 11.3 Å². The van der Waals surface area contributed by atoms with Crippen LogP contribution in [0.1, 0.15) is 28.1 Å². The Kier molecular flexibility index (Phi) is 5.20. The molecule has 0 unspecified atom stereocenters. The van der Waals surface area contributed by atoms with E-state index in [4.69, 9.17) is 5.73 Å². The average Bonchev–Trinajstić information content (AvgIpc) is 2.81. The highest BCUT2D eigenvalue weighted by Crippen LogP contribution is 2.36. The van der Waals surface area contributed by atoms with E-state index in [1.807, 2.05) is 0 Å². The number of thiophene rings is 1. The molecule has 1 amide bonds. The van der Waals surface area contributed by atoms with E-state index in [0.29, 0.717) is 28.0 Å². The van der Waals surface area contributed by atoms with Gasteiger partial charge in [-0.25, -0.2) is 0 Å². The fourth-order valence-electron chi connectivity index (χ4n) is 2.22. The molecule has 2 rings (SSSR count). The quantitative estimate of drug-likeness (QED) is 0.614. The lowest BCUT2D eigenvalue weighted by molar-refractivity contribution is 0.0963. The van der Waals surface area contributed by atoms with Crippen molar-refractivity contribution in [3.05, 3.63) is 23.1 Å². The maximum Gasteiger partial charge on any atom is 0.263 e. The van der Waals surface area contributed by atoms with Crippen molar-refractivity contribution in [1.82, 2.24) is 10.6 Å². The second-order valence-corrected chi connectivity index (χ2v) is 5.85. The number of nitrogen functional groups attached to an aromatic ring is 1. The van der Waals surface area contributed by atoms with Gasteiger partial charge < -0.3 is 21.7 Å². The fourth-order valence-corrected chi connectivity index (χ4v) is 3.29. The number of hydrogen-bond acceptors (Lipinski definition) is 6. The Labute approximate surface area is 128 Å². The van der Waals surface area contributed by atoms with Crippen LogP contribution in [0.5, 0.6) is 0 Å². The molecule has 112 valence electrons. The topological polar surface area (TPSA) is 103 Å². The summed E-state index contributed by atoms with van der Waals surface area (Å²) in [6.07, 6.45) is 3.57. The fraction of sp³-hybridized carbons (Fsp3) is 0.429. The Morgan fingerprint density at radius 1 is 1.57 bits per heavy atom. The first kappa shape index (κ1) is 15.4. The van der Waals surface area contributed by atoms with Gasteiger partial charge in [0.2, 0.25) is 0 Å². The van der Waals surface area contributed by atoms with Crippen LogP contribution in [-0.2, 0) is 0 Å². The van der Waals surface area contributed by atoms with Crippen molar-refractivity contribution in [3.8, 4) is 6.07 Å². The molecule has 1 aromatic heterocycles. The van der Waals surface area contributed by atoms with Crippen molar-refractivity contribution in [1.29, 1.82) is 5.26 Å². The standard InChI is InChI=1S/C14H19N5OS/c1-2-5-18-13(20)12-11(16)10(8-15)14(21-12)19-9-3-6-17-7-4-9/h2,9,17,19H,1,3-7,16H2,(H,18,20). The van der Waals surface area contributed by atoms with Gasteiger partial charge in [-0.05, 0) is 25.9 Å². The molecule has 0 aromatic carbocycles. The number of piperidine rings is 1. The third-order valence-corrected chi connectivity index (χ3v) is 4.48. The molecule has 0 bridgehead atoms. The largest absolute Gasteiger partial charge is 0.396 e. The summed E-state index contributed by atoms with van der Waals surface area (Å²) in [5.41, 5.74) is 6.56. The summed E-state index contributed by atoms with van der Waals surface area (Å²) in [6.45, 7) is 5.82. The van der Waals surface area contributed by atoms with Gasteiger partial charge in [-0.2, -0.15) is 5.26 Å². The summed E-state index contributed by atoms with van der Waals surface area (Å²) >= 11 is 1.24. The Hall–Kier alpha value is -2.04. The monoisotopic (exact) mass is 305 g/mol. The van der Waals surface area contributed by atoms with E-state index in [0.717, 1.165) is 25.9 Å². The molecule has 0 saturated carbocycles. The molecule has 6 nitrogen and oxygen atoms in total. The van der Waals surface area contributed by atoms with Crippen molar-refractivity contribution in [2.24, 2.45) is 0 Å². The first-order chi connectivity index (χ1) is 10.2. The number of rotatable bonds is 5. The van der Waals surface area contributed by atoms with Gasteiger partial charge in [0.05, 0.1) is 5.69 Å². The number of carbonyl (C=O) groups is 1. The molecule has 21 heavy (non-hydrogen) atoms. The molecular formula is C14H19N5OS. The van der Waals surface area contributed by atoms with Gasteiger partial charge in [0, 0.05) is 12.6 Å². The molecule has 5 N–H and O–H groups in total. The van der Waals surface area contributed by atoms with Crippen molar-refractivity contribution < 1.29 is 4.79 Å². The Balaban J connectivity index is 2.19. The van der Waals surface area contributed by atoms with Gasteiger partial charge in [-0.1, -0.05) is 6.08 Å². The van der Waals surface area contributed by atoms with Crippen molar-refractivity contribution >= 4 is 27.9 Å². The van der Waals surface area contributed by atoms with E-state index >= 15 is 0 Å². The molecule has 1 aromatic rings. The van der Waals surface area contributed by atoms with Gasteiger partial charge in [-0.3, -0.25) is 4.79 Å². The summed E-state index contributed by atoms with van der Waals surface area (Å²) in [5.74, 6) is -0.271. The molecule has 0 aliphatic carbocycles. The van der Waals surface area contributed by atoms with Crippen LogP contribution in [0, 0.1) is 11.3 Å². The highest BCUT2D eigenvalue weighted by Gasteiger charge is 2.23. The number of carbonyl (C=O) groups excluding carboxylic acids is 1. The van der Waals surface area contributed by atoms with Crippen molar-refractivity contribution in [3.63, 3.8) is 0 Å². The minimum absolute atomic E-state index is 0.250. The molecule has 0 spiro atoms. The first-order valence-electron chi connectivity index (χ1n) is 6.86. The normalized spacial score (nSPS) is 15.2. The zero-order valence-electron chi connectivity index (χ0n) is 11.7. The first-order valence-corrected chi connectivity index (χ1v) is 7.67. The number of amides is 1. The molecule has 1 saturated heterocycles. The van der Waals surface area contributed by atoms with Crippen LogP contribution in [-0.4, -0.2) is 31.6 Å². The summed E-state index contributed by atoms with van der Waals surface area (Å²) in [6, 6.07) is 2.40. The van der Waals surface area contributed by atoms with E-state index in [1.54, 1.807) is 6.08 Å². The zero-order valence-corrected chi connectivity index (χ0v) is 12.6. The zero-order chi connectivity index (χ0) is 15.2. The maximum absolute atomic E-state index is 12.0. The van der Waals surface area contributed by atoms with E-state index in [-0.39, 0.29) is 11.6 Å². The Bertz CT molecular complexity index is 569. The highest BCUT2D eigenvalue weighted by molar-refractivity contribution is 7.19. The lowest BCUT2D eigenvalue weighted by Crippen LogP contribution is -2.35. The summed E-state index contributed by atoms with van der Waals surface area (Å²) in [5, 5.41) is 19.3. The molecule has 2 heterocycles. The van der Waals surface area contributed by atoms with Crippen LogP contribution < -0.4 is 21.7 Å². The second kappa shape index (κ2) is 7.11. The minimum atomic E-state index is -0.271. The lowest BCUT2D eigenvalue weighted by Gasteiger charge is -2.24. The van der Waals surface area contributed by atoms with Crippen molar-refractivity contribution in [2.45, 2.75) is 18.9 Å². The van der Waals surface area contributed by atoms with Gasteiger partial charge in [0.15, 0.2) is 0 Å². The number of anilines is 2. The van der Waals surface area contributed by atoms with Crippen LogP contribution in [0.3, 0.4) is 0 Å². The summed E-state index contributed by atoms with van der Waals surface area (Å²) < 4.78 is 0. The predicted molar refractivity (Wildman–Crippen MR) is 85.5 cm³/mol. The number of nitrogens with two attached hydrogens (primary N) is 1. The van der Waals surface area contributed by atoms with E-state index < -0.39 is 0 Å². The SMILES string of the molecule is C=CCNC(=O)c1sc(NC2CCNCC2)c(C#N)c1N. The molecule has 1 aliphatic heterocycles. The Morgan fingerprint density at radius 2 is 2.29 bits per heavy atom. The van der Waals surface area contributed by atoms with E-state index in [2.05, 4.69) is 28.6 Å². The third-order valence-electron chi connectivity index (χ3n) is 3.34. The molecular weight excluding hydrogens is 286 g/mol. The van der Waals surface area contributed by atoms with Gasteiger partial charge in [0.1, 0.15) is 21.5 Å². The molecule has 0 atom stereocenters. The minimum Gasteiger partial charge on any atom is -0.396 e. The van der Waals surface area contributed by atoms with Crippen LogP contribution in [0.2, 0.25) is 0 Å². The van der Waals surface area contributed by atoms with Gasteiger partial charge >= 0.3 is 0 Å². The smallest absolute Gasteiger partial charge is 0.263 e. The maximum atomic E-state index is 12.0. The molecule has 7 heteroatoms. The number of hydrogen-bond donors (Lipinski definition) is 4. The molecule has 0 radical (unpaired) electrons. The van der Waals surface area contributed by atoms with Crippen LogP contribution in [0.15, 0.2) is 12.7 Å². The van der Waals surface area contributed by atoms with Crippen LogP contribution >= 0.6 is 11.3 Å². The van der Waals surface area contributed by atoms with E-state index in [9.17, 15) is 10.1 Å². The average molecular weight is 305 g/mol. The highest BCUT2D eigenvalue weighted by atomic mass is 32.1. The number of nitrogens with zero attached hydrogens (tertiary/aromatic N) is 1. The summed E-state index contributed by atoms with van der Waals surface area (Å²) in [7, 11) is 0. The molecule has 1 aliphatic rings. The number of nitrogens with one attached hydrogen (secondary N) is 3. The lowest BCUT2D eigenvalue weighted by atomic mass is 10.1. The number of nitriles is 1. The molecule has 1 fully saturated rings. The van der Waals surface area contributed by atoms with Crippen molar-refractivity contribution in [2.75, 3.05) is 30.7 Å². The van der Waals surface area contributed by atoms with Crippen LogP contribution in [0.4, 0.5) is 10.7 Å². The third kappa shape index (κ3) is 3.54. The van der Waals surface area contributed by atoms with Crippen LogP contribution in [0.25, 0.3) is 0 Å².